The molecule has 1 amide bonds. The first-order valence-electron chi connectivity index (χ1n) is 6.49. The fraction of sp³-hybridized carbons (Fsp3) is 0.125. The van der Waals surface area contributed by atoms with Crippen molar-refractivity contribution in [2.45, 2.75) is 13.5 Å². The Hall–Kier alpha value is -2.82. The molecule has 0 saturated carbocycles. The van der Waals surface area contributed by atoms with Crippen LogP contribution in [0.2, 0.25) is 0 Å². The molecule has 0 aliphatic rings. The molecule has 5 heteroatoms. The van der Waals surface area contributed by atoms with E-state index in [0.717, 1.165) is 11.3 Å². The zero-order valence-electron chi connectivity index (χ0n) is 11.7. The molecule has 0 saturated heterocycles. The van der Waals surface area contributed by atoms with Gasteiger partial charge in [0.1, 0.15) is 18.2 Å². The van der Waals surface area contributed by atoms with E-state index in [-0.39, 0.29) is 11.7 Å². The first-order chi connectivity index (χ1) is 10.1. The van der Waals surface area contributed by atoms with Gasteiger partial charge in [0.05, 0.1) is 0 Å². The summed E-state index contributed by atoms with van der Waals surface area (Å²) in [5.74, 6) is 0.594. The number of carbonyl (C=O) groups excluding carboxylic acids is 1. The van der Waals surface area contributed by atoms with Crippen LogP contribution in [0.4, 0.5) is 5.69 Å². The van der Waals surface area contributed by atoms with E-state index in [9.17, 15) is 4.79 Å². The molecule has 0 fully saturated rings. The van der Waals surface area contributed by atoms with Gasteiger partial charge in [0, 0.05) is 23.7 Å². The summed E-state index contributed by atoms with van der Waals surface area (Å²) >= 11 is 0. The summed E-state index contributed by atoms with van der Waals surface area (Å²) in [6.07, 6.45) is 0. The third-order valence-corrected chi connectivity index (χ3v) is 2.88. The molecule has 5 nitrogen and oxygen atoms in total. The summed E-state index contributed by atoms with van der Waals surface area (Å²) in [6.45, 7) is 1.79. The van der Waals surface area contributed by atoms with Crippen LogP contribution in [0.5, 0.6) is 5.75 Å². The fourth-order valence-corrected chi connectivity index (χ4v) is 1.91. The third kappa shape index (κ3) is 4.07. The van der Waals surface area contributed by atoms with Crippen molar-refractivity contribution >= 4 is 17.4 Å². The van der Waals surface area contributed by atoms with Crippen LogP contribution in [-0.4, -0.2) is 11.7 Å². The van der Waals surface area contributed by atoms with Crippen LogP contribution >= 0.6 is 0 Å². The molecule has 108 valence electrons. The van der Waals surface area contributed by atoms with Gasteiger partial charge in [0.15, 0.2) is 0 Å². The van der Waals surface area contributed by atoms with Gasteiger partial charge in [-0.1, -0.05) is 24.3 Å². The van der Waals surface area contributed by atoms with Crippen molar-refractivity contribution in [1.82, 2.24) is 0 Å². The lowest BCUT2D eigenvalue weighted by molar-refractivity contribution is -0.114. The first kappa shape index (κ1) is 14.6. The third-order valence-electron chi connectivity index (χ3n) is 2.88. The van der Waals surface area contributed by atoms with Gasteiger partial charge in [0.25, 0.3) is 0 Å². The Morgan fingerprint density at radius 2 is 1.86 bits per heavy atom. The molecule has 0 atom stereocenters. The van der Waals surface area contributed by atoms with Gasteiger partial charge < -0.3 is 15.8 Å². The molecule has 0 bridgehead atoms. The van der Waals surface area contributed by atoms with Gasteiger partial charge in [0.2, 0.25) is 5.91 Å². The first-order valence-corrected chi connectivity index (χ1v) is 6.49. The molecule has 0 aromatic heterocycles. The summed E-state index contributed by atoms with van der Waals surface area (Å²) in [4.78, 5) is 10.9. The normalized spacial score (nSPS) is 9.95. The van der Waals surface area contributed by atoms with Crippen molar-refractivity contribution in [2.75, 3.05) is 5.32 Å². The number of nitrogen functional groups attached to an aromatic ring is 1. The van der Waals surface area contributed by atoms with Crippen LogP contribution in [0.3, 0.4) is 0 Å². The Kier molecular flexibility index (Phi) is 4.56. The quantitative estimate of drug-likeness (QED) is 0.582. The number of carbonyl (C=O) groups is 1. The van der Waals surface area contributed by atoms with E-state index in [1.807, 2.05) is 18.2 Å². The Bertz CT molecular complexity index is 651. The number of ether oxygens (including phenoxy) is 1. The van der Waals surface area contributed by atoms with Crippen LogP contribution in [0.15, 0.2) is 48.5 Å². The van der Waals surface area contributed by atoms with Gasteiger partial charge in [-0.3, -0.25) is 10.2 Å². The van der Waals surface area contributed by atoms with Crippen molar-refractivity contribution in [3.8, 4) is 5.75 Å². The number of benzene rings is 2. The lowest BCUT2D eigenvalue weighted by atomic mass is 10.1. The van der Waals surface area contributed by atoms with Gasteiger partial charge in [-0.2, -0.15) is 0 Å². The van der Waals surface area contributed by atoms with E-state index in [1.165, 1.54) is 6.92 Å². The molecule has 0 heterocycles. The number of hydrogen-bond donors (Lipinski definition) is 3. The van der Waals surface area contributed by atoms with E-state index in [0.29, 0.717) is 17.9 Å². The van der Waals surface area contributed by atoms with E-state index >= 15 is 0 Å². The summed E-state index contributed by atoms with van der Waals surface area (Å²) in [5.41, 5.74) is 7.79. The van der Waals surface area contributed by atoms with Gasteiger partial charge in [-0.15, -0.1) is 0 Å². The molecule has 4 N–H and O–H groups in total. The lowest BCUT2D eigenvalue weighted by Gasteiger charge is -2.10. The zero-order chi connectivity index (χ0) is 15.2. The second-order valence-electron chi connectivity index (χ2n) is 4.57. The minimum Gasteiger partial charge on any atom is -0.489 e. The van der Waals surface area contributed by atoms with E-state index < -0.39 is 0 Å². The number of nitrogens with one attached hydrogen (secondary N) is 2. The average molecular weight is 283 g/mol. The maximum atomic E-state index is 10.9. The largest absolute Gasteiger partial charge is 0.489 e. The molecule has 0 radical (unpaired) electrons. The van der Waals surface area contributed by atoms with Crippen LogP contribution in [0.25, 0.3) is 0 Å². The summed E-state index contributed by atoms with van der Waals surface area (Å²) in [7, 11) is 0. The fourth-order valence-electron chi connectivity index (χ4n) is 1.91. The average Bonchev–Trinajstić information content (AvgIpc) is 2.46. The van der Waals surface area contributed by atoms with E-state index in [1.54, 1.807) is 30.3 Å². The highest BCUT2D eigenvalue weighted by molar-refractivity contribution is 5.96. The second kappa shape index (κ2) is 6.56. The van der Waals surface area contributed by atoms with Crippen molar-refractivity contribution in [1.29, 1.82) is 5.41 Å². The predicted molar refractivity (Wildman–Crippen MR) is 82.5 cm³/mol. The SMILES string of the molecule is CC(=O)Nc1ccc(OCc2ccccc2C(=N)N)cc1. The number of hydrogen-bond acceptors (Lipinski definition) is 3. The van der Waals surface area contributed by atoms with Crippen molar-refractivity contribution in [3.05, 3.63) is 59.7 Å². The highest BCUT2D eigenvalue weighted by atomic mass is 16.5. The lowest BCUT2D eigenvalue weighted by Crippen LogP contribution is -2.14. The van der Waals surface area contributed by atoms with Gasteiger partial charge >= 0.3 is 0 Å². The molecule has 2 rings (SSSR count). The number of amides is 1. The summed E-state index contributed by atoms with van der Waals surface area (Å²) in [5, 5.41) is 10.2. The topological polar surface area (TPSA) is 88.2 Å². The van der Waals surface area contributed by atoms with Gasteiger partial charge in [-0.25, -0.2) is 0 Å². The molecular weight excluding hydrogens is 266 g/mol. The molecule has 2 aromatic rings. The van der Waals surface area contributed by atoms with Crippen molar-refractivity contribution in [3.63, 3.8) is 0 Å². The van der Waals surface area contributed by atoms with Gasteiger partial charge in [-0.05, 0) is 24.3 Å². The predicted octanol–water partition coefficient (Wildman–Crippen LogP) is 2.51. The van der Waals surface area contributed by atoms with Crippen LogP contribution in [-0.2, 0) is 11.4 Å². The van der Waals surface area contributed by atoms with Crippen molar-refractivity contribution < 1.29 is 9.53 Å². The van der Waals surface area contributed by atoms with E-state index in [4.69, 9.17) is 15.9 Å². The second-order valence-corrected chi connectivity index (χ2v) is 4.57. The minimum atomic E-state index is -0.112. The Balaban J connectivity index is 2.03. The number of anilines is 1. The minimum absolute atomic E-state index is 0.0233. The Morgan fingerprint density at radius 3 is 2.48 bits per heavy atom. The summed E-state index contributed by atoms with van der Waals surface area (Å²) in [6, 6.07) is 14.5. The molecule has 0 aliphatic heterocycles. The smallest absolute Gasteiger partial charge is 0.221 e. The van der Waals surface area contributed by atoms with Crippen LogP contribution in [0.1, 0.15) is 18.1 Å². The molecule has 21 heavy (non-hydrogen) atoms. The molecule has 0 spiro atoms. The van der Waals surface area contributed by atoms with E-state index in [2.05, 4.69) is 5.32 Å². The molecule has 2 aromatic carbocycles. The van der Waals surface area contributed by atoms with Crippen LogP contribution in [0, 0.1) is 5.41 Å². The van der Waals surface area contributed by atoms with Crippen LogP contribution < -0.4 is 15.8 Å². The highest BCUT2D eigenvalue weighted by Gasteiger charge is 2.05. The molecule has 0 aliphatic carbocycles. The number of rotatable bonds is 5. The highest BCUT2D eigenvalue weighted by Crippen LogP contribution is 2.18. The Labute approximate surface area is 123 Å². The number of amidine groups is 1. The maximum absolute atomic E-state index is 10.9. The monoisotopic (exact) mass is 283 g/mol. The maximum Gasteiger partial charge on any atom is 0.221 e. The zero-order valence-corrected chi connectivity index (χ0v) is 11.7. The Morgan fingerprint density at radius 1 is 1.19 bits per heavy atom. The molecule has 0 unspecified atom stereocenters. The molecular formula is C16H17N3O2. The number of nitrogens with two attached hydrogens (primary N) is 1. The van der Waals surface area contributed by atoms with Crippen molar-refractivity contribution in [2.24, 2.45) is 5.73 Å². The summed E-state index contributed by atoms with van der Waals surface area (Å²) < 4.78 is 5.68. The standard InChI is InChI=1S/C16H17N3O2/c1-11(20)19-13-6-8-14(9-7-13)21-10-12-4-2-3-5-15(12)16(17)18/h2-9H,10H2,1H3,(H3,17,18)(H,19,20).